The van der Waals surface area contributed by atoms with Crippen LogP contribution in [-0.4, -0.2) is 0 Å². The highest BCUT2D eigenvalue weighted by atomic mass is 35.5. The van der Waals surface area contributed by atoms with Crippen LogP contribution in [-0.2, 0) is 0 Å². The van der Waals surface area contributed by atoms with E-state index in [-0.39, 0.29) is 0 Å². The van der Waals surface area contributed by atoms with Crippen LogP contribution >= 0.6 is 11.6 Å². The molecule has 1 heteroatoms. The van der Waals surface area contributed by atoms with Crippen LogP contribution in [0.1, 0.15) is 51.0 Å². The largest absolute Gasteiger partial charge is 0.0888 e. The second kappa shape index (κ2) is 7.51. The van der Waals surface area contributed by atoms with Crippen molar-refractivity contribution >= 4 is 11.6 Å². The van der Waals surface area contributed by atoms with E-state index in [0.717, 1.165) is 17.9 Å². The Balaban J connectivity index is 2.72. The SMILES string of the molecule is CC/C=C\CC(CCC)c1cccc(Cl)c1. The van der Waals surface area contributed by atoms with Crippen molar-refractivity contribution in [3.63, 3.8) is 0 Å². The van der Waals surface area contributed by atoms with E-state index >= 15 is 0 Å². The Kier molecular flexibility index (Phi) is 6.25. The van der Waals surface area contributed by atoms with Crippen molar-refractivity contribution in [2.24, 2.45) is 0 Å². The van der Waals surface area contributed by atoms with Crippen LogP contribution in [0.3, 0.4) is 0 Å². The smallest absolute Gasteiger partial charge is 0.0408 e. The summed E-state index contributed by atoms with van der Waals surface area (Å²) >= 11 is 6.03. The molecular weight excluding hydrogens is 216 g/mol. The first-order valence-electron chi connectivity index (χ1n) is 6.18. The van der Waals surface area contributed by atoms with Gasteiger partial charge in [-0.2, -0.15) is 0 Å². The first kappa shape index (κ1) is 13.3. The average Bonchev–Trinajstić information content (AvgIpc) is 2.28. The summed E-state index contributed by atoms with van der Waals surface area (Å²) in [5.74, 6) is 0.617. The number of allylic oxidation sites excluding steroid dienone is 2. The molecule has 0 saturated heterocycles. The predicted molar refractivity (Wildman–Crippen MR) is 73.1 cm³/mol. The number of halogens is 1. The normalized spacial score (nSPS) is 13.2. The lowest BCUT2D eigenvalue weighted by atomic mass is 9.91. The number of hydrogen-bond acceptors (Lipinski definition) is 0. The van der Waals surface area contributed by atoms with Crippen LogP contribution in [0.4, 0.5) is 0 Å². The van der Waals surface area contributed by atoms with Gasteiger partial charge in [-0.1, -0.05) is 56.2 Å². The first-order chi connectivity index (χ1) is 7.77. The van der Waals surface area contributed by atoms with Gasteiger partial charge in [0.1, 0.15) is 0 Å². The van der Waals surface area contributed by atoms with E-state index in [9.17, 15) is 0 Å². The second-order valence-electron chi connectivity index (χ2n) is 4.16. The Morgan fingerprint density at radius 2 is 2.06 bits per heavy atom. The molecule has 0 aliphatic heterocycles. The summed E-state index contributed by atoms with van der Waals surface area (Å²) < 4.78 is 0. The molecule has 0 spiro atoms. The van der Waals surface area contributed by atoms with Crippen LogP contribution in [0.15, 0.2) is 36.4 Å². The van der Waals surface area contributed by atoms with E-state index in [1.807, 2.05) is 12.1 Å². The molecule has 0 aliphatic carbocycles. The molecule has 88 valence electrons. The minimum absolute atomic E-state index is 0.617. The van der Waals surface area contributed by atoms with Crippen LogP contribution in [0.25, 0.3) is 0 Å². The standard InChI is InChI=1S/C15H21Cl/c1-3-5-6-9-13(8-4-2)14-10-7-11-15(16)12-14/h5-7,10-13H,3-4,8-9H2,1-2H3/b6-5-. The van der Waals surface area contributed by atoms with Crippen molar-refractivity contribution in [2.75, 3.05) is 0 Å². The monoisotopic (exact) mass is 236 g/mol. The predicted octanol–water partition coefficient (Wildman–Crippen LogP) is 5.58. The Hall–Kier alpha value is -0.750. The third kappa shape index (κ3) is 4.40. The molecule has 0 saturated carbocycles. The van der Waals surface area contributed by atoms with E-state index in [0.29, 0.717) is 5.92 Å². The van der Waals surface area contributed by atoms with E-state index in [4.69, 9.17) is 11.6 Å². The van der Waals surface area contributed by atoms with Crippen molar-refractivity contribution in [1.82, 2.24) is 0 Å². The Labute approximate surface area is 104 Å². The highest BCUT2D eigenvalue weighted by Crippen LogP contribution is 2.27. The Morgan fingerprint density at radius 3 is 2.69 bits per heavy atom. The van der Waals surface area contributed by atoms with Crippen molar-refractivity contribution in [1.29, 1.82) is 0 Å². The van der Waals surface area contributed by atoms with Gasteiger partial charge in [0.25, 0.3) is 0 Å². The number of rotatable bonds is 6. The van der Waals surface area contributed by atoms with Gasteiger partial charge in [-0.3, -0.25) is 0 Å². The van der Waals surface area contributed by atoms with Crippen LogP contribution < -0.4 is 0 Å². The van der Waals surface area contributed by atoms with Gasteiger partial charge in [0.15, 0.2) is 0 Å². The van der Waals surface area contributed by atoms with Gasteiger partial charge in [-0.05, 0) is 42.9 Å². The van der Waals surface area contributed by atoms with Crippen molar-refractivity contribution in [2.45, 2.75) is 45.4 Å². The number of hydrogen-bond donors (Lipinski definition) is 0. The van der Waals surface area contributed by atoms with Crippen molar-refractivity contribution < 1.29 is 0 Å². The van der Waals surface area contributed by atoms with Crippen LogP contribution in [0.5, 0.6) is 0 Å². The summed E-state index contributed by atoms with van der Waals surface area (Å²) in [7, 11) is 0. The summed E-state index contributed by atoms with van der Waals surface area (Å²) in [5, 5.41) is 0.845. The minimum Gasteiger partial charge on any atom is -0.0888 e. The lowest BCUT2D eigenvalue weighted by Crippen LogP contribution is -1.97. The summed E-state index contributed by atoms with van der Waals surface area (Å²) in [5.41, 5.74) is 1.37. The van der Waals surface area contributed by atoms with Gasteiger partial charge in [-0.25, -0.2) is 0 Å². The van der Waals surface area contributed by atoms with E-state index in [1.165, 1.54) is 18.4 Å². The molecule has 1 aromatic carbocycles. The molecule has 1 aromatic rings. The van der Waals surface area contributed by atoms with E-state index < -0.39 is 0 Å². The van der Waals surface area contributed by atoms with Crippen molar-refractivity contribution in [3.05, 3.63) is 47.0 Å². The van der Waals surface area contributed by atoms with Gasteiger partial charge in [-0.15, -0.1) is 0 Å². The molecule has 0 fully saturated rings. The minimum atomic E-state index is 0.617. The molecule has 0 bridgehead atoms. The molecule has 0 amide bonds. The van der Waals surface area contributed by atoms with Gasteiger partial charge >= 0.3 is 0 Å². The molecule has 0 heterocycles. The molecule has 0 radical (unpaired) electrons. The molecule has 0 aromatic heterocycles. The molecule has 1 unspecified atom stereocenters. The fourth-order valence-electron chi connectivity index (χ4n) is 1.96. The van der Waals surface area contributed by atoms with Gasteiger partial charge in [0.05, 0.1) is 0 Å². The fourth-order valence-corrected chi connectivity index (χ4v) is 2.16. The lowest BCUT2D eigenvalue weighted by Gasteiger charge is -2.14. The maximum atomic E-state index is 6.03. The lowest BCUT2D eigenvalue weighted by molar-refractivity contribution is 0.620. The first-order valence-corrected chi connectivity index (χ1v) is 6.56. The summed E-state index contributed by atoms with van der Waals surface area (Å²) in [4.78, 5) is 0. The maximum absolute atomic E-state index is 6.03. The zero-order valence-electron chi connectivity index (χ0n) is 10.2. The van der Waals surface area contributed by atoms with E-state index in [2.05, 4.69) is 38.1 Å². The molecule has 1 atom stereocenters. The molecule has 0 N–H and O–H groups in total. The average molecular weight is 237 g/mol. The third-order valence-electron chi connectivity index (χ3n) is 2.78. The molecular formula is C15H21Cl. The molecule has 0 aliphatic rings. The van der Waals surface area contributed by atoms with Gasteiger partial charge < -0.3 is 0 Å². The molecule has 0 nitrogen and oxygen atoms in total. The summed E-state index contributed by atoms with van der Waals surface area (Å²) in [6.45, 7) is 4.41. The highest BCUT2D eigenvalue weighted by Gasteiger charge is 2.08. The Morgan fingerprint density at radius 1 is 1.25 bits per heavy atom. The van der Waals surface area contributed by atoms with Crippen LogP contribution in [0, 0.1) is 0 Å². The van der Waals surface area contributed by atoms with Gasteiger partial charge in [0, 0.05) is 5.02 Å². The van der Waals surface area contributed by atoms with E-state index in [1.54, 1.807) is 0 Å². The Bertz CT molecular complexity index is 328. The zero-order chi connectivity index (χ0) is 11.8. The maximum Gasteiger partial charge on any atom is 0.0408 e. The zero-order valence-corrected chi connectivity index (χ0v) is 11.0. The van der Waals surface area contributed by atoms with Crippen LogP contribution in [0.2, 0.25) is 5.02 Å². The number of benzene rings is 1. The highest BCUT2D eigenvalue weighted by molar-refractivity contribution is 6.30. The molecule has 16 heavy (non-hydrogen) atoms. The third-order valence-corrected chi connectivity index (χ3v) is 3.02. The topological polar surface area (TPSA) is 0 Å². The van der Waals surface area contributed by atoms with Crippen molar-refractivity contribution in [3.8, 4) is 0 Å². The van der Waals surface area contributed by atoms with Gasteiger partial charge in [0.2, 0.25) is 0 Å². The summed E-state index contributed by atoms with van der Waals surface area (Å²) in [6.07, 6.45) is 9.23. The quantitative estimate of drug-likeness (QED) is 0.566. The fraction of sp³-hybridized carbons (Fsp3) is 0.467. The second-order valence-corrected chi connectivity index (χ2v) is 4.59. The molecule has 1 rings (SSSR count). The summed E-state index contributed by atoms with van der Waals surface area (Å²) in [6, 6.07) is 8.27.